The van der Waals surface area contributed by atoms with Crippen LogP contribution in [0, 0.1) is 0 Å². The number of amides is 2. The maximum Gasteiger partial charge on any atom is 0.261 e. The Hall–Kier alpha value is -3.25. The third kappa shape index (κ3) is 9.87. The van der Waals surface area contributed by atoms with Gasteiger partial charge in [-0.1, -0.05) is 30.3 Å². The average Bonchev–Trinajstić information content (AvgIpc) is 2.78. The predicted molar refractivity (Wildman–Crippen MR) is 135 cm³/mol. The molecule has 9 nitrogen and oxygen atoms in total. The summed E-state index contributed by atoms with van der Waals surface area (Å²) in [4.78, 5) is 21.7. The topological polar surface area (TPSA) is 139 Å². The van der Waals surface area contributed by atoms with Gasteiger partial charge in [0.1, 0.15) is 0 Å². The summed E-state index contributed by atoms with van der Waals surface area (Å²) < 4.78 is 48.5. The van der Waals surface area contributed by atoms with Gasteiger partial charge in [-0.05, 0) is 54.1 Å². The Bertz CT molecular complexity index is 1360. The predicted octanol–water partition coefficient (Wildman–Crippen LogP) is 3.70. The molecular weight excluding hydrogens is 514 g/mol. The molecule has 0 saturated carbocycles. The van der Waals surface area contributed by atoms with Gasteiger partial charge < -0.3 is 10.6 Å². The molecule has 0 spiro atoms. The van der Waals surface area contributed by atoms with E-state index in [4.69, 9.17) is 10.7 Å². The molecule has 0 aliphatic carbocycles. The summed E-state index contributed by atoms with van der Waals surface area (Å²) in [5.41, 5.74) is 1.97. The first-order valence-electron chi connectivity index (χ1n) is 10.1. The number of rotatable bonds is 7. The molecule has 0 atom stereocenters. The standard InChI is InChI=1S/C15H16N2O3S.C8H8ClNO3S/c1-12(18)17-14-7-9-15(10-8-14)21(19,20)16-11-13-5-3-2-4-6-13;1-6(11)10-7-2-4-8(5-3-7)14(9,12)13/h2-10,16H,11H2,1H3,(H,17,18);2-5H,1H3,(H,10,11). The molecule has 0 bridgehead atoms. The summed E-state index contributed by atoms with van der Waals surface area (Å²) >= 11 is 0. The van der Waals surface area contributed by atoms with E-state index in [0.717, 1.165) is 5.56 Å². The largest absolute Gasteiger partial charge is 0.326 e. The van der Waals surface area contributed by atoms with Gasteiger partial charge in [-0.25, -0.2) is 21.6 Å². The Kier molecular flexibility index (Phi) is 9.96. The number of hydrogen-bond acceptors (Lipinski definition) is 6. The number of hydrogen-bond donors (Lipinski definition) is 3. The zero-order chi connectivity index (χ0) is 26.1. The van der Waals surface area contributed by atoms with Crippen molar-refractivity contribution in [2.45, 2.75) is 30.2 Å². The highest BCUT2D eigenvalue weighted by Crippen LogP contribution is 2.17. The highest BCUT2D eigenvalue weighted by Gasteiger charge is 2.13. The van der Waals surface area contributed by atoms with Gasteiger partial charge in [0.05, 0.1) is 9.79 Å². The van der Waals surface area contributed by atoms with Gasteiger partial charge in [-0.3, -0.25) is 9.59 Å². The van der Waals surface area contributed by atoms with E-state index in [1.54, 1.807) is 12.1 Å². The normalized spacial score (nSPS) is 11.1. The van der Waals surface area contributed by atoms with Crippen molar-refractivity contribution < 1.29 is 26.4 Å². The molecule has 12 heteroatoms. The van der Waals surface area contributed by atoms with Crippen molar-refractivity contribution in [1.29, 1.82) is 0 Å². The van der Waals surface area contributed by atoms with Crippen molar-refractivity contribution >= 4 is 52.9 Å². The molecule has 0 aliphatic rings. The zero-order valence-electron chi connectivity index (χ0n) is 18.9. The summed E-state index contributed by atoms with van der Waals surface area (Å²) in [7, 11) is -2.15. The minimum atomic E-state index is -3.69. The Morgan fingerprint density at radius 2 is 1.11 bits per heavy atom. The number of carbonyl (C=O) groups is 2. The minimum absolute atomic E-state index is 0.00766. The lowest BCUT2D eigenvalue weighted by Crippen LogP contribution is -2.23. The van der Waals surface area contributed by atoms with E-state index in [9.17, 15) is 26.4 Å². The number of halogens is 1. The first-order chi connectivity index (χ1) is 16.4. The summed E-state index contributed by atoms with van der Waals surface area (Å²) in [5.74, 6) is -0.417. The number of benzene rings is 3. The van der Waals surface area contributed by atoms with E-state index in [2.05, 4.69) is 15.4 Å². The Morgan fingerprint density at radius 1 is 0.686 bits per heavy atom. The van der Waals surface area contributed by atoms with Crippen LogP contribution in [0.4, 0.5) is 11.4 Å². The molecule has 0 fully saturated rings. The van der Waals surface area contributed by atoms with Gasteiger partial charge in [-0.15, -0.1) is 0 Å². The summed E-state index contributed by atoms with van der Waals surface area (Å²) in [5, 5.41) is 5.09. The fraction of sp³-hybridized carbons (Fsp3) is 0.130. The highest BCUT2D eigenvalue weighted by molar-refractivity contribution is 8.13. The Morgan fingerprint density at radius 3 is 1.51 bits per heavy atom. The monoisotopic (exact) mass is 537 g/mol. The van der Waals surface area contributed by atoms with E-state index in [1.165, 1.54) is 50.2 Å². The van der Waals surface area contributed by atoms with Crippen molar-refractivity contribution in [2.75, 3.05) is 10.6 Å². The minimum Gasteiger partial charge on any atom is -0.326 e. The molecule has 3 aromatic carbocycles. The van der Waals surface area contributed by atoms with Crippen LogP contribution in [0.3, 0.4) is 0 Å². The van der Waals surface area contributed by atoms with Gasteiger partial charge in [-0.2, -0.15) is 0 Å². The molecule has 0 aliphatic heterocycles. The van der Waals surface area contributed by atoms with E-state index < -0.39 is 19.1 Å². The molecule has 3 rings (SSSR count). The van der Waals surface area contributed by atoms with Crippen molar-refractivity contribution in [1.82, 2.24) is 4.72 Å². The van der Waals surface area contributed by atoms with Gasteiger partial charge >= 0.3 is 0 Å². The smallest absolute Gasteiger partial charge is 0.261 e. The molecule has 3 N–H and O–H groups in total. The van der Waals surface area contributed by atoms with Gasteiger partial charge in [0.15, 0.2) is 0 Å². The molecule has 0 heterocycles. The second kappa shape index (κ2) is 12.5. The number of carbonyl (C=O) groups excluding carboxylic acids is 2. The van der Waals surface area contributed by atoms with E-state index in [1.807, 2.05) is 30.3 Å². The lowest BCUT2D eigenvalue weighted by Gasteiger charge is -2.08. The first-order valence-corrected chi connectivity index (χ1v) is 13.9. The average molecular weight is 538 g/mol. The second-order valence-electron chi connectivity index (χ2n) is 7.16. The first kappa shape index (κ1) is 28.0. The fourth-order valence-electron chi connectivity index (χ4n) is 2.68. The van der Waals surface area contributed by atoms with Gasteiger partial charge in [0.25, 0.3) is 9.05 Å². The molecular formula is C23H24ClN3O6S2. The third-order valence-corrected chi connectivity index (χ3v) is 7.04. The number of anilines is 2. The maximum absolute atomic E-state index is 12.1. The van der Waals surface area contributed by atoms with Crippen LogP contribution in [0.5, 0.6) is 0 Å². The molecule has 0 radical (unpaired) electrons. The number of nitrogens with one attached hydrogen (secondary N) is 3. The lowest BCUT2D eigenvalue weighted by molar-refractivity contribution is -0.115. The summed E-state index contributed by atoms with van der Waals surface area (Å²) in [6.45, 7) is 2.99. The summed E-state index contributed by atoms with van der Waals surface area (Å²) in [6, 6.07) is 20.9. The van der Waals surface area contributed by atoms with Crippen LogP contribution in [0.1, 0.15) is 19.4 Å². The lowest BCUT2D eigenvalue weighted by atomic mass is 10.2. The Labute approximate surface area is 209 Å². The maximum atomic E-state index is 12.1. The molecule has 0 saturated heterocycles. The van der Waals surface area contributed by atoms with Crippen molar-refractivity contribution in [3.63, 3.8) is 0 Å². The quantitative estimate of drug-likeness (QED) is 0.393. The van der Waals surface area contributed by atoms with E-state index >= 15 is 0 Å². The molecule has 35 heavy (non-hydrogen) atoms. The Balaban J connectivity index is 0.000000269. The molecule has 3 aromatic rings. The zero-order valence-corrected chi connectivity index (χ0v) is 21.2. The third-order valence-electron chi connectivity index (χ3n) is 4.25. The molecule has 2 amide bonds. The van der Waals surface area contributed by atoms with Crippen LogP contribution >= 0.6 is 10.7 Å². The number of sulfonamides is 1. The molecule has 0 unspecified atom stereocenters. The van der Waals surface area contributed by atoms with Crippen LogP contribution in [-0.2, 0) is 35.2 Å². The molecule has 0 aromatic heterocycles. The van der Waals surface area contributed by atoms with Crippen LogP contribution in [0.25, 0.3) is 0 Å². The second-order valence-corrected chi connectivity index (χ2v) is 11.5. The van der Waals surface area contributed by atoms with Crippen LogP contribution < -0.4 is 15.4 Å². The van der Waals surface area contributed by atoms with Crippen LogP contribution in [0.15, 0.2) is 88.7 Å². The van der Waals surface area contributed by atoms with Crippen LogP contribution in [-0.4, -0.2) is 28.6 Å². The fourth-order valence-corrected chi connectivity index (χ4v) is 4.47. The van der Waals surface area contributed by atoms with Crippen LogP contribution in [0.2, 0.25) is 0 Å². The van der Waals surface area contributed by atoms with Crippen molar-refractivity contribution in [2.24, 2.45) is 0 Å². The van der Waals surface area contributed by atoms with Gasteiger partial charge in [0.2, 0.25) is 21.8 Å². The highest BCUT2D eigenvalue weighted by atomic mass is 35.7. The van der Waals surface area contributed by atoms with E-state index in [-0.39, 0.29) is 28.2 Å². The van der Waals surface area contributed by atoms with Crippen molar-refractivity contribution in [3.05, 3.63) is 84.4 Å². The molecule has 186 valence electrons. The summed E-state index contributed by atoms with van der Waals surface area (Å²) in [6.07, 6.45) is 0. The SMILES string of the molecule is CC(=O)Nc1ccc(S(=O)(=O)Cl)cc1.CC(=O)Nc1ccc(S(=O)(=O)NCc2ccccc2)cc1. The van der Waals surface area contributed by atoms with Crippen molar-refractivity contribution in [3.8, 4) is 0 Å². The van der Waals surface area contributed by atoms with Gasteiger partial charge in [0, 0.05) is 42.4 Å². The van der Waals surface area contributed by atoms with E-state index in [0.29, 0.717) is 11.4 Å².